The summed E-state index contributed by atoms with van der Waals surface area (Å²) in [5, 5.41) is 8.82. The van der Waals surface area contributed by atoms with Gasteiger partial charge in [-0.25, -0.2) is 4.79 Å². The maximum absolute atomic E-state index is 11.8. The first-order valence-electron chi connectivity index (χ1n) is 5.75. The number of aryl methyl sites for hydroxylation is 1. The van der Waals surface area contributed by atoms with E-state index in [0.29, 0.717) is 21.5 Å². The average molecular weight is 324 g/mol. The Balaban J connectivity index is 2.43. The molecule has 4 nitrogen and oxygen atoms in total. The number of hydrogen-bond donors (Lipinski definition) is 1. The summed E-state index contributed by atoms with van der Waals surface area (Å²) in [4.78, 5) is 23.8. The van der Waals surface area contributed by atoms with Gasteiger partial charge in [0.25, 0.3) is 0 Å². The topological polar surface area (TPSA) is 57.6 Å². The van der Waals surface area contributed by atoms with Crippen molar-refractivity contribution in [3.63, 3.8) is 0 Å². The van der Waals surface area contributed by atoms with Crippen molar-refractivity contribution < 1.29 is 14.7 Å². The van der Waals surface area contributed by atoms with E-state index in [1.54, 1.807) is 6.07 Å². The van der Waals surface area contributed by atoms with Crippen molar-refractivity contribution >= 4 is 46.4 Å². The lowest BCUT2D eigenvalue weighted by molar-refractivity contribution is -0.148. The van der Waals surface area contributed by atoms with E-state index in [1.807, 2.05) is 0 Å². The van der Waals surface area contributed by atoms with Gasteiger partial charge in [-0.3, -0.25) is 4.79 Å². The second-order valence-corrected chi connectivity index (χ2v) is 6.51. The summed E-state index contributed by atoms with van der Waals surface area (Å²) in [6.45, 7) is 1.48. The van der Waals surface area contributed by atoms with Crippen LogP contribution < -0.4 is 0 Å². The minimum atomic E-state index is -1.01. The van der Waals surface area contributed by atoms with Crippen molar-refractivity contribution in [3.05, 3.63) is 20.3 Å². The third-order valence-electron chi connectivity index (χ3n) is 2.90. The van der Waals surface area contributed by atoms with Crippen molar-refractivity contribution in [1.82, 2.24) is 4.90 Å². The number of carboxylic acids is 1. The maximum Gasteiger partial charge on any atom is 0.326 e. The van der Waals surface area contributed by atoms with E-state index in [4.69, 9.17) is 28.3 Å². The minimum absolute atomic E-state index is 0.188. The van der Waals surface area contributed by atoms with E-state index >= 15 is 0 Å². The molecule has 0 spiro atoms. The number of aliphatic carboxylic acids is 1. The zero-order chi connectivity index (χ0) is 14.6. The number of nitrogens with zero attached hydrogens (tertiary/aromatic N) is 1. The van der Waals surface area contributed by atoms with Gasteiger partial charge in [0.15, 0.2) is 0 Å². The fraction of sp³-hybridized carbons (Fsp3) is 0.500. The van der Waals surface area contributed by atoms with Crippen LogP contribution >= 0.6 is 34.5 Å². The predicted molar refractivity (Wildman–Crippen MR) is 77.1 cm³/mol. The lowest BCUT2D eigenvalue weighted by Crippen LogP contribution is -2.40. The van der Waals surface area contributed by atoms with Gasteiger partial charge >= 0.3 is 5.97 Å². The number of carbonyl (C=O) groups is 2. The molecule has 1 aromatic rings. The molecule has 0 saturated carbocycles. The molecule has 19 heavy (non-hydrogen) atoms. The molecule has 1 aromatic heterocycles. The Hall–Kier alpha value is -0.780. The maximum atomic E-state index is 11.8. The fourth-order valence-corrected chi connectivity index (χ4v) is 3.08. The SMILES string of the molecule is CC(C(=O)O)N(C)C(=O)CCCc1cc(Cl)sc1Cl. The van der Waals surface area contributed by atoms with E-state index in [-0.39, 0.29) is 12.3 Å². The van der Waals surface area contributed by atoms with Crippen molar-refractivity contribution in [2.45, 2.75) is 32.2 Å². The average Bonchev–Trinajstić information content (AvgIpc) is 2.65. The number of carbonyl (C=O) groups excluding carboxylic acids is 1. The first-order chi connectivity index (χ1) is 8.82. The van der Waals surface area contributed by atoms with Crippen LogP contribution in [-0.2, 0) is 16.0 Å². The number of amides is 1. The van der Waals surface area contributed by atoms with Crippen LogP contribution in [0.3, 0.4) is 0 Å². The van der Waals surface area contributed by atoms with Crippen LogP contribution in [0.5, 0.6) is 0 Å². The molecule has 0 saturated heterocycles. The summed E-state index contributed by atoms with van der Waals surface area (Å²) < 4.78 is 1.27. The Morgan fingerprint density at radius 1 is 1.47 bits per heavy atom. The number of hydrogen-bond acceptors (Lipinski definition) is 3. The van der Waals surface area contributed by atoms with Gasteiger partial charge in [0.1, 0.15) is 6.04 Å². The fourth-order valence-electron chi connectivity index (χ4n) is 1.53. The van der Waals surface area contributed by atoms with Gasteiger partial charge < -0.3 is 10.0 Å². The van der Waals surface area contributed by atoms with Crippen LogP contribution in [0.25, 0.3) is 0 Å². The molecule has 0 aliphatic carbocycles. The highest BCUT2D eigenvalue weighted by Gasteiger charge is 2.21. The first kappa shape index (κ1) is 16.3. The highest BCUT2D eigenvalue weighted by atomic mass is 35.5. The zero-order valence-corrected chi connectivity index (χ0v) is 13.0. The van der Waals surface area contributed by atoms with Gasteiger partial charge in [-0.15, -0.1) is 11.3 Å². The molecule has 1 N–H and O–H groups in total. The van der Waals surface area contributed by atoms with Gasteiger partial charge in [-0.1, -0.05) is 23.2 Å². The lowest BCUT2D eigenvalue weighted by Gasteiger charge is -2.21. The van der Waals surface area contributed by atoms with E-state index in [0.717, 1.165) is 5.56 Å². The van der Waals surface area contributed by atoms with Crippen molar-refractivity contribution in [2.24, 2.45) is 0 Å². The molecule has 0 aliphatic rings. The minimum Gasteiger partial charge on any atom is -0.480 e. The van der Waals surface area contributed by atoms with Gasteiger partial charge in [-0.05, 0) is 31.4 Å². The Morgan fingerprint density at radius 2 is 2.11 bits per heavy atom. The lowest BCUT2D eigenvalue weighted by atomic mass is 10.1. The molecule has 1 rings (SSSR count). The second-order valence-electron chi connectivity index (χ2n) is 4.22. The summed E-state index contributed by atoms with van der Waals surface area (Å²) in [5.41, 5.74) is 0.929. The molecule has 0 aromatic carbocycles. The van der Waals surface area contributed by atoms with E-state index < -0.39 is 12.0 Å². The van der Waals surface area contributed by atoms with Crippen LogP contribution in [0.1, 0.15) is 25.3 Å². The molecule has 0 radical (unpaired) electrons. The van der Waals surface area contributed by atoms with Gasteiger partial charge in [0.05, 0.1) is 8.67 Å². The van der Waals surface area contributed by atoms with Crippen LogP contribution in [0.15, 0.2) is 6.07 Å². The molecule has 1 atom stereocenters. The molecule has 0 aliphatic heterocycles. The molecule has 106 valence electrons. The number of halogens is 2. The van der Waals surface area contributed by atoms with E-state index in [2.05, 4.69) is 0 Å². The number of likely N-dealkylation sites (N-methyl/N-ethyl adjacent to an activating group) is 1. The second kappa shape index (κ2) is 7.12. The summed E-state index contributed by atoms with van der Waals surface area (Å²) >= 11 is 13.1. The Morgan fingerprint density at radius 3 is 2.58 bits per heavy atom. The quantitative estimate of drug-likeness (QED) is 0.873. The summed E-state index contributed by atoms with van der Waals surface area (Å²) in [6.07, 6.45) is 1.56. The van der Waals surface area contributed by atoms with Gasteiger partial charge in [0.2, 0.25) is 5.91 Å². The summed E-state index contributed by atoms with van der Waals surface area (Å²) in [6, 6.07) is 0.981. The predicted octanol–water partition coefficient (Wildman–Crippen LogP) is 3.31. The molecule has 1 unspecified atom stereocenters. The van der Waals surface area contributed by atoms with Crippen molar-refractivity contribution in [1.29, 1.82) is 0 Å². The molecule has 1 heterocycles. The van der Waals surface area contributed by atoms with Crippen LogP contribution in [-0.4, -0.2) is 35.0 Å². The number of carboxylic acid groups (broad SMARTS) is 1. The first-order valence-corrected chi connectivity index (χ1v) is 7.32. The third kappa shape index (κ3) is 4.67. The third-order valence-corrected chi connectivity index (χ3v) is 4.46. The molecule has 1 amide bonds. The van der Waals surface area contributed by atoms with E-state index in [9.17, 15) is 9.59 Å². The highest BCUT2D eigenvalue weighted by molar-refractivity contribution is 7.20. The van der Waals surface area contributed by atoms with Crippen LogP contribution in [0.4, 0.5) is 0 Å². The van der Waals surface area contributed by atoms with Gasteiger partial charge in [0, 0.05) is 13.5 Å². The van der Waals surface area contributed by atoms with Crippen molar-refractivity contribution in [2.75, 3.05) is 7.05 Å². The highest BCUT2D eigenvalue weighted by Crippen LogP contribution is 2.32. The summed E-state index contributed by atoms with van der Waals surface area (Å²) in [7, 11) is 1.50. The Bertz CT molecular complexity index is 476. The number of thiophene rings is 1. The molecule has 7 heteroatoms. The van der Waals surface area contributed by atoms with E-state index in [1.165, 1.54) is 30.2 Å². The summed E-state index contributed by atoms with van der Waals surface area (Å²) in [5.74, 6) is -1.20. The molecular formula is C12H15Cl2NO3S. The Kier molecular flexibility index (Phi) is 6.10. The molecule has 0 bridgehead atoms. The van der Waals surface area contributed by atoms with Crippen LogP contribution in [0.2, 0.25) is 8.67 Å². The van der Waals surface area contributed by atoms with Crippen molar-refractivity contribution in [3.8, 4) is 0 Å². The van der Waals surface area contributed by atoms with Gasteiger partial charge in [-0.2, -0.15) is 0 Å². The number of rotatable bonds is 6. The zero-order valence-electron chi connectivity index (χ0n) is 10.7. The molecular weight excluding hydrogens is 309 g/mol. The normalized spacial score (nSPS) is 12.2. The Labute approximate surface area is 125 Å². The standard InChI is InChI=1S/C12H15Cl2NO3S/c1-7(12(17)18)15(2)10(16)5-3-4-8-6-9(13)19-11(8)14/h6-7H,3-5H2,1-2H3,(H,17,18). The monoisotopic (exact) mass is 323 g/mol. The van der Waals surface area contributed by atoms with Crippen LogP contribution in [0, 0.1) is 0 Å². The largest absolute Gasteiger partial charge is 0.480 e. The smallest absolute Gasteiger partial charge is 0.326 e. The molecule has 0 fully saturated rings.